The summed E-state index contributed by atoms with van der Waals surface area (Å²) in [6, 6.07) is 15.5. The van der Waals surface area contributed by atoms with E-state index in [1.165, 1.54) is 5.56 Å². The lowest BCUT2D eigenvalue weighted by molar-refractivity contribution is 0.405. The average molecular weight is 350 g/mol. The van der Waals surface area contributed by atoms with Gasteiger partial charge in [-0.1, -0.05) is 25.1 Å². The highest BCUT2D eigenvalue weighted by molar-refractivity contribution is 5.67. The number of rotatable bonds is 7. The van der Waals surface area contributed by atoms with Gasteiger partial charge in [-0.25, -0.2) is 4.98 Å². The molecule has 2 aromatic carbocycles. The first kappa shape index (κ1) is 17.5. The van der Waals surface area contributed by atoms with Crippen molar-refractivity contribution in [2.24, 2.45) is 0 Å². The summed E-state index contributed by atoms with van der Waals surface area (Å²) >= 11 is 0. The predicted molar refractivity (Wildman–Crippen MR) is 104 cm³/mol. The molecule has 134 valence electrons. The van der Waals surface area contributed by atoms with Gasteiger partial charge in [-0.3, -0.25) is 0 Å². The van der Waals surface area contributed by atoms with Crippen LogP contribution in [0.5, 0.6) is 11.5 Å². The van der Waals surface area contributed by atoms with Gasteiger partial charge in [0, 0.05) is 18.0 Å². The zero-order chi connectivity index (χ0) is 18.4. The molecule has 0 saturated carbocycles. The Morgan fingerprint density at radius 2 is 1.77 bits per heavy atom. The number of hydrogen-bond donors (Lipinski definition) is 2. The minimum Gasteiger partial charge on any atom is -0.497 e. The van der Waals surface area contributed by atoms with Crippen LogP contribution in [0.3, 0.4) is 0 Å². The van der Waals surface area contributed by atoms with E-state index in [-0.39, 0.29) is 0 Å². The SMILES string of the molecule is CCc1ccccc1Nc1nccc(Nc2cc(OC)ccc2OC)n1. The molecule has 0 aliphatic heterocycles. The van der Waals surface area contributed by atoms with Crippen LogP contribution in [0.1, 0.15) is 12.5 Å². The lowest BCUT2D eigenvalue weighted by Gasteiger charge is -2.13. The van der Waals surface area contributed by atoms with E-state index in [0.29, 0.717) is 17.5 Å². The third kappa shape index (κ3) is 4.03. The molecule has 6 heteroatoms. The number of nitrogens with one attached hydrogen (secondary N) is 2. The fourth-order valence-corrected chi connectivity index (χ4v) is 2.61. The summed E-state index contributed by atoms with van der Waals surface area (Å²) in [5.41, 5.74) is 2.99. The maximum absolute atomic E-state index is 5.40. The Hall–Kier alpha value is -3.28. The van der Waals surface area contributed by atoms with E-state index < -0.39 is 0 Å². The average Bonchev–Trinajstić information content (AvgIpc) is 2.68. The molecule has 6 nitrogen and oxygen atoms in total. The van der Waals surface area contributed by atoms with Gasteiger partial charge in [0.05, 0.1) is 19.9 Å². The molecule has 0 spiro atoms. The van der Waals surface area contributed by atoms with Gasteiger partial charge in [0.2, 0.25) is 5.95 Å². The number of ether oxygens (including phenoxy) is 2. The molecule has 3 aromatic rings. The van der Waals surface area contributed by atoms with Gasteiger partial charge in [-0.2, -0.15) is 4.98 Å². The van der Waals surface area contributed by atoms with Crippen molar-refractivity contribution < 1.29 is 9.47 Å². The van der Waals surface area contributed by atoms with E-state index >= 15 is 0 Å². The van der Waals surface area contributed by atoms with Crippen molar-refractivity contribution in [1.29, 1.82) is 0 Å². The Bertz CT molecular complexity index is 883. The van der Waals surface area contributed by atoms with Crippen molar-refractivity contribution >= 4 is 23.1 Å². The van der Waals surface area contributed by atoms with Crippen LogP contribution in [0.4, 0.5) is 23.1 Å². The van der Waals surface area contributed by atoms with Crippen LogP contribution in [0.25, 0.3) is 0 Å². The first-order valence-corrected chi connectivity index (χ1v) is 8.40. The lowest BCUT2D eigenvalue weighted by Crippen LogP contribution is -2.03. The van der Waals surface area contributed by atoms with Crippen LogP contribution in [0, 0.1) is 0 Å². The van der Waals surface area contributed by atoms with E-state index in [9.17, 15) is 0 Å². The van der Waals surface area contributed by atoms with Crippen molar-refractivity contribution in [1.82, 2.24) is 9.97 Å². The summed E-state index contributed by atoms with van der Waals surface area (Å²) in [6.07, 6.45) is 2.64. The van der Waals surface area contributed by atoms with Crippen molar-refractivity contribution in [2.75, 3.05) is 24.9 Å². The van der Waals surface area contributed by atoms with E-state index in [4.69, 9.17) is 9.47 Å². The Morgan fingerprint density at radius 1 is 0.923 bits per heavy atom. The molecule has 0 fully saturated rings. The molecular weight excluding hydrogens is 328 g/mol. The number of nitrogens with zero attached hydrogens (tertiary/aromatic N) is 2. The van der Waals surface area contributed by atoms with Crippen molar-refractivity contribution in [3.63, 3.8) is 0 Å². The summed E-state index contributed by atoms with van der Waals surface area (Å²) in [5, 5.41) is 6.54. The minimum atomic E-state index is 0.526. The number of benzene rings is 2. The van der Waals surface area contributed by atoms with Gasteiger partial charge >= 0.3 is 0 Å². The molecule has 0 aliphatic rings. The second-order valence-electron chi connectivity index (χ2n) is 5.59. The number of para-hydroxylation sites is 1. The van der Waals surface area contributed by atoms with Crippen molar-refractivity contribution in [3.8, 4) is 11.5 Å². The van der Waals surface area contributed by atoms with Crippen LogP contribution in [-0.2, 0) is 6.42 Å². The standard InChI is InChI=1S/C20H22N4O2/c1-4-14-7-5-6-8-16(14)23-20-21-12-11-19(24-20)22-17-13-15(25-2)9-10-18(17)26-3/h5-13H,4H2,1-3H3,(H2,21,22,23,24). The highest BCUT2D eigenvalue weighted by Gasteiger charge is 2.08. The lowest BCUT2D eigenvalue weighted by atomic mass is 10.1. The molecule has 3 rings (SSSR count). The molecule has 0 saturated heterocycles. The summed E-state index contributed by atoms with van der Waals surface area (Å²) < 4.78 is 10.7. The van der Waals surface area contributed by atoms with E-state index in [0.717, 1.165) is 23.5 Å². The highest BCUT2D eigenvalue weighted by Crippen LogP contribution is 2.31. The molecule has 0 atom stereocenters. The molecule has 0 amide bonds. The summed E-state index contributed by atoms with van der Waals surface area (Å²) in [5.74, 6) is 2.62. The zero-order valence-corrected chi connectivity index (χ0v) is 15.1. The maximum Gasteiger partial charge on any atom is 0.229 e. The first-order chi connectivity index (χ1) is 12.7. The number of hydrogen-bond acceptors (Lipinski definition) is 6. The van der Waals surface area contributed by atoms with Gasteiger partial charge in [-0.15, -0.1) is 0 Å². The Kier molecular flexibility index (Phi) is 5.53. The second-order valence-corrected chi connectivity index (χ2v) is 5.59. The molecule has 1 heterocycles. The van der Waals surface area contributed by atoms with Gasteiger partial charge < -0.3 is 20.1 Å². The summed E-state index contributed by atoms with van der Waals surface area (Å²) in [4.78, 5) is 8.85. The van der Waals surface area contributed by atoms with Crippen molar-refractivity contribution in [2.45, 2.75) is 13.3 Å². The normalized spacial score (nSPS) is 10.3. The molecule has 0 bridgehead atoms. The third-order valence-electron chi connectivity index (χ3n) is 3.97. The highest BCUT2D eigenvalue weighted by atomic mass is 16.5. The largest absolute Gasteiger partial charge is 0.497 e. The number of methoxy groups -OCH3 is 2. The topological polar surface area (TPSA) is 68.3 Å². The van der Waals surface area contributed by atoms with Crippen LogP contribution < -0.4 is 20.1 Å². The minimum absolute atomic E-state index is 0.526. The molecule has 0 unspecified atom stereocenters. The number of anilines is 4. The zero-order valence-electron chi connectivity index (χ0n) is 15.1. The molecule has 0 radical (unpaired) electrons. The Morgan fingerprint density at radius 3 is 2.54 bits per heavy atom. The van der Waals surface area contributed by atoms with Crippen LogP contribution in [0.15, 0.2) is 54.7 Å². The van der Waals surface area contributed by atoms with Crippen LogP contribution in [-0.4, -0.2) is 24.2 Å². The number of aryl methyl sites for hydroxylation is 1. The van der Waals surface area contributed by atoms with Crippen LogP contribution in [0.2, 0.25) is 0 Å². The Balaban J connectivity index is 1.84. The first-order valence-electron chi connectivity index (χ1n) is 8.40. The smallest absolute Gasteiger partial charge is 0.229 e. The number of aromatic nitrogens is 2. The fraction of sp³-hybridized carbons (Fsp3) is 0.200. The molecule has 26 heavy (non-hydrogen) atoms. The summed E-state index contributed by atoms with van der Waals surface area (Å²) in [7, 11) is 3.26. The molecule has 0 aliphatic carbocycles. The maximum atomic E-state index is 5.40. The third-order valence-corrected chi connectivity index (χ3v) is 3.97. The molecule has 1 aromatic heterocycles. The second kappa shape index (κ2) is 8.20. The predicted octanol–water partition coefficient (Wildman–Crippen LogP) is 4.54. The quantitative estimate of drug-likeness (QED) is 0.652. The molecule has 2 N–H and O–H groups in total. The van der Waals surface area contributed by atoms with E-state index in [1.807, 2.05) is 36.4 Å². The van der Waals surface area contributed by atoms with E-state index in [2.05, 4.69) is 33.6 Å². The molecular formula is C20H22N4O2. The van der Waals surface area contributed by atoms with Crippen molar-refractivity contribution in [3.05, 3.63) is 60.3 Å². The fourth-order valence-electron chi connectivity index (χ4n) is 2.61. The monoisotopic (exact) mass is 350 g/mol. The van der Waals surface area contributed by atoms with Gasteiger partial charge in [-0.05, 0) is 36.2 Å². The Labute approximate surface area is 153 Å². The van der Waals surface area contributed by atoms with Gasteiger partial charge in [0.1, 0.15) is 17.3 Å². The van der Waals surface area contributed by atoms with Gasteiger partial charge in [0.25, 0.3) is 0 Å². The van der Waals surface area contributed by atoms with Gasteiger partial charge in [0.15, 0.2) is 0 Å². The van der Waals surface area contributed by atoms with Crippen LogP contribution >= 0.6 is 0 Å². The summed E-state index contributed by atoms with van der Waals surface area (Å²) in [6.45, 7) is 2.12. The van der Waals surface area contributed by atoms with E-state index in [1.54, 1.807) is 26.5 Å².